The van der Waals surface area contributed by atoms with Crippen LogP contribution >= 0.6 is 0 Å². The zero-order valence-electron chi connectivity index (χ0n) is 12.9. The molecule has 2 aliphatic rings. The maximum absolute atomic E-state index is 6.20. The number of fused-ring (bicyclic) bond motifs is 1. The minimum absolute atomic E-state index is 0.0337. The molecule has 3 rings (SSSR count). The van der Waals surface area contributed by atoms with Crippen LogP contribution in [0.5, 0.6) is 5.75 Å². The minimum Gasteiger partial charge on any atom is -0.488 e. The molecule has 1 heterocycles. The van der Waals surface area contributed by atoms with E-state index < -0.39 is 0 Å². The first-order chi connectivity index (χ1) is 9.55. The molecular formula is C18H27NO. The lowest BCUT2D eigenvalue weighted by Gasteiger charge is -2.38. The van der Waals surface area contributed by atoms with Crippen molar-refractivity contribution in [1.82, 2.24) is 0 Å². The Morgan fingerprint density at radius 1 is 1.10 bits per heavy atom. The normalized spacial score (nSPS) is 23.8. The Balaban J connectivity index is 1.95. The lowest BCUT2D eigenvalue weighted by atomic mass is 9.69. The van der Waals surface area contributed by atoms with Gasteiger partial charge >= 0.3 is 0 Å². The summed E-state index contributed by atoms with van der Waals surface area (Å²) in [6, 6.07) is 6.86. The van der Waals surface area contributed by atoms with Crippen molar-refractivity contribution in [2.45, 2.75) is 69.8 Å². The number of nitrogens with two attached hydrogens (primary N) is 1. The van der Waals surface area contributed by atoms with E-state index in [1.165, 1.54) is 43.2 Å². The highest BCUT2D eigenvalue weighted by Gasteiger charge is 2.34. The van der Waals surface area contributed by atoms with Gasteiger partial charge in [-0.25, -0.2) is 0 Å². The Kier molecular flexibility index (Phi) is 3.53. The van der Waals surface area contributed by atoms with Gasteiger partial charge in [0.15, 0.2) is 0 Å². The molecule has 0 radical (unpaired) electrons. The van der Waals surface area contributed by atoms with Gasteiger partial charge < -0.3 is 10.5 Å². The van der Waals surface area contributed by atoms with Gasteiger partial charge in [0.05, 0.1) is 0 Å². The Hall–Kier alpha value is -1.02. The number of hydrogen-bond acceptors (Lipinski definition) is 2. The summed E-state index contributed by atoms with van der Waals surface area (Å²) in [7, 11) is 0. The van der Waals surface area contributed by atoms with Crippen molar-refractivity contribution >= 4 is 0 Å². The van der Waals surface area contributed by atoms with E-state index in [4.69, 9.17) is 10.5 Å². The van der Waals surface area contributed by atoms with E-state index in [9.17, 15) is 0 Å². The van der Waals surface area contributed by atoms with Gasteiger partial charge in [-0.2, -0.15) is 0 Å². The molecule has 1 fully saturated rings. The van der Waals surface area contributed by atoms with Crippen LogP contribution in [0, 0.1) is 0 Å². The van der Waals surface area contributed by atoms with E-state index in [-0.39, 0.29) is 11.0 Å². The summed E-state index contributed by atoms with van der Waals surface area (Å²) in [6.45, 7) is 5.12. The second kappa shape index (κ2) is 5.07. The molecule has 1 aliphatic heterocycles. The second-order valence-electron chi connectivity index (χ2n) is 7.23. The van der Waals surface area contributed by atoms with Crippen LogP contribution in [0.15, 0.2) is 18.2 Å². The lowest BCUT2D eigenvalue weighted by molar-refractivity contribution is 0.0843. The van der Waals surface area contributed by atoms with Gasteiger partial charge in [0.2, 0.25) is 0 Å². The average Bonchev–Trinajstić information content (AvgIpc) is 2.46. The van der Waals surface area contributed by atoms with E-state index >= 15 is 0 Å². The van der Waals surface area contributed by atoms with E-state index in [0.717, 1.165) is 25.1 Å². The molecule has 0 bridgehead atoms. The van der Waals surface area contributed by atoms with Gasteiger partial charge in [-0.05, 0) is 56.7 Å². The molecular weight excluding hydrogens is 246 g/mol. The maximum atomic E-state index is 6.20. The maximum Gasteiger partial charge on any atom is 0.123 e. The number of rotatable bonds is 2. The van der Waals surface area contributed by atoms with Crippen LogP contribution in [0.1, 0.15) is 63.5 Å². The van der Waals surface area contributed by atoms with Crippen molar-refractivity contribution in [1.29, 1.82) is 0 Å². The zero-order valence-corrected chi connectivity index (χ0v) is 12.9. The predicted molar refractivity (Wildman–Crippen MR) is 83.3 cm³/mol. The number of aryl methyl sites for hydroxylation is 1. The fourth-order valence-corrected chi connectivity index (χ4v) is 3.81. The molecule has 0 aromatic heterocycles. The van der Waals surface area contributed by atoms with Gasteiger partial charge in [-0.3, -0.25) is 0 Å². The third kappa shape index (κ3) is 2.46. The van der Waals surface area contributed by atoms with Crippen LogP contribution in [0.2, 0.25) is 0 Å². The minimum atomic E-state index is -0.0337. The number of ether oxygens (including phenoxy) is 1. The third-order valence-electron chi connectivity index (χ3n) is 5.26. The molecule has 20 heavy (non-hydrogen) atoms. The molecule has 0 amide bonds. The Labute approximate surface area is 122 Å². The first-order valence-corrected chi connectivity index (χ1v) is 8.07. The van der Waals surface area contributed by atoms with Crippen molar-refractivity contribution < 1.29 is 4.74 Å². The molecule has 2 N–H and O–H groups in total. The average molecular weight is 273 g/mol. The summed E-state index contributed by atoms with van der Waals surface area (Å²) in [4.78, 5) is 0. The van der Waals surface area contributed by atoms with Crippen molar-refractivity contribution in [3.63, 3.8) is 0 Å². The standard InChI is InChI=1S/C18H27NO/c1-17(2)11-8-14-6-7-15(12-16(14)20-17)18(13-19)9-4-3-5-10-18/h6-7,12H,3-5,8-11,13,19H2,1-2H3. The van der Waals surface area contributed by atoms with Crippen LogP contribution < -0.4 is 10.5 Å². The van der Waals surface area contributed by atoms with Crippen LogP contribution in [0.4, 0.5) is 0 Å². The summed E-state index contributed by atoms with van der Waals surface area (Å²) in [5, 5.41) is 0. The molecule has 1 aliphatic carbocycles. The first kappa shape index (κ1) is 13.9. The summed E-state index contributed by atoms with van der Waals surface area (Å²) in [5.41, 5.74) is 9.07. The highest BCUT2D eigenvalue weighted by molar-refractivity contribution is 5.43. The monoisotopic (exact) mass is 273 g/mol. The van der Waals surface area contributed by atoms with Gasteiger partial charge in [0, 0.05) is 12.0 Å². The molecule has 2 heteroatoms. The Morgan fingerprint density at radius 2 is 1.85 bits per heavy atom. The van der Waals surface area contributed by atoms with E-state index in [1.54, 1.807) is 0 Å². The fraction of sp³-hybridized carbons (Fsp3) is 0.667. The summed E-state index contributed by atoms with van der Waals surface area (Å²) < 4.78 is 6.20. The lowest BCUT2D eigenvalue weighted by Crippen LogP contribution is -2.38. The summed E-state index contributed by atoms with van der Waals surface area (Å²) in [6.07, 6.45) is 8.65. The smallest absolute Gasteiger partial charge is 0.123 e. The molecule has 0 spiro atoms. The summed E-state index contributed by atoms with van der Waals surface area (Å²) in [5.74, 6) is 1.09. The fourth-order valence-electron chi connectivity index (χ4n) is 3.81. The van der Waals surface area contributed by atoms with Gasteiger partial charge in [0.1, 0.15) is 11.4 Å². The van der Waals surface area contributed by atoms with E-state index in [1.807, 2.05) is 0 Å². The molecule has 0 saturated heterocycles. The molecule has 1 aromatic carbocycles. The first-order valence-electron chi connectivity index (χ1n) is 8.07. The zero-order chi connectivity index (χ0) is 14.2. The molecule has 1 saturated carbocycles. The van der Waals surface area contributed by atoms with Gasteiger partial charge in [-0.15, -0.1) is 0 Å². The van der Waals surface area contributed by atoms with Crippen molar-refractivity contribution in [3.05, 3.63) is 29.3 Å². The van der Waals surface area contributed by atoms with Crippen LogP contribution in [0.3, 0.4) is 0 Å². The molecule has 1 aromatic rings. The SMILES string of the molecule is CC1(C)CCc2ccc(C3(CN)CCCCC3)cc2O1. The summed E-state index contributed by atoms with van der Waals surface area (Å²) >= 11 is 0. The largest absolute Gasteiger partial charge is 0.488 e. The predicted octanol–water partition coefficient (Wildman–Crippen LogP) is 3.95. The number of hydrogen-bond donors (Lipinski definition) is 1. The van der Waals surface area contributed by atoms with Gasteiger partial charge in [-0.1, -0.05) is 31.4 Å². The third-order valence-corrected chi connectivity index (χ3v) is 5.26. The topological polar surface area (TPSA) is 35.2 Å². The highest BCUT2D eigenvalue weighted by Crippen LogP contribution is 2.42. The van der Waals surface area contributed by atoms with Crippen LogP contribution in [-0.4, -0.2) is 12.1 Å². The van der Waals surface area contributed by atoms with E-state index in [0.29, 0.717) is 0 Å². The van der Waals surface area contributed by atoms with E-state index in [2.05, 4.69) is 32.0 Å². The molecule has 0 unspecified atom stereocenters. The highest BCUT2D eigenvalue weighted by atomic mass is 16.5. The molecule has 110 valence electrons. The molecule has 0 atom stereocenters. The Bertz CT molecular complexity index is 486. The quantitative estimate of drug-likeness (QED) is 0.885. The number of benzene rings is 1. The van der Waals surface area contributed by atoms with Crippen LogP contribution in [-0.2, 0) is 11.8 Å². The molecule has 2 nitrogen and oxygen atoms in total. The second-order valence-corrected chi connectivity index (χ2v) is 7.23. The van der Waals surface area contributed by atoms with Crippen molar-refractivity contribution in [2.75, 3.05) is 6.54 Å². The Morgan fingerprint density at radius 3 is 2.55 bits per heavy atom. The van der Waals surface area contributed by atoms with Crippen molar-refractivity contribution in [3.8, 4) is 5.75 Å². The van der Waals surface area contributed by atoms with Crippen LogP contribution in [0.25, 0.3) is 0 Å². The van der Waals surface area contributed by atoms with Crippen molar-refractivity contribution in [2.24, 2.45) is 5.73 Å². The van der Waals surface area contributed by atoms with Gasteiger partial charge in [0.25, 0.3) is 0 Å².